The van der Waals surface area contributed by atoms with Gasteiger partial charge in [0.05, 0.1) is 6.04 Å². The van der Waals surface area contributed by atoms with Crippen LogP contribution in [0.4, 0.5) is 4.79 Å². The molecule has 2 aliphatic heterocycles. The zero-order valence-electron chi connectivity index (χ0n) is 13.4. The molecule has 1 amide bonds. The number of carbonyl (C=O) groups excluding carboxylic acids is 1. The summed E-state index contributed by atoms with van der Waals surface area (Å²) in [6.07, 6.45) is 8.60. The van der Waals surface area contributed by atoms with E-state index in [-0.39, 0.29) is 12.1 Å². The number of allylic oxidation sites excluding steroid dienone is 2. The highest BCUT2D eigenvalue weighted by molar-refractivity contribution is 5.70. The van der Waals surface area contributed by atoms with Crippen molar-refractivity contribution < 1.29 is 9.53 Å². The topological polar surface area (TPSA) is 29.5 Å². The fourth-order valence-electron chi connectivity index (χ4n) is 3.00. The van der Waals surface area contributed by atoms with E-state index in [1.165, 1.54) is 11.1 Å². The van der Waals surface area contributed by atoms with Crippen molar-refractivity contribution in [1.29, 1.82) is 0 Å². The average Bonchev–Trinajstić information content (AvgIpc) is 2.56. The smallest absolute Gasteiger partial charge is 0.411 e. The highest BCUT2D eigenvalue weighted by Crippen LogP contribution is 2.37. The summed E-state index contributed by atoms with van der Waals surface area (Å²) in [6, 6.07) is 0.574. The number of ether oxygens (including phenoxy) is 1. The lowest BCUT2D eigenvalue weighted by molar-refractivity contribution is 0.0166. The molecule has 0 aromatic carbocycles. The maximum Gasteiger partial charge on any atom is 0.411 e. The number of carbonyl (C=O) groups is 1. The van der Waals surface area contributed by atoms with Gasteiger partial charge in [-0.3, -0.25) is 4.90 Å². The minimum Gasteiger partial charge on any atom is -0.444 e. The third-order valence-electron chi connectivity index (χ3n) is 3.85. The third-order valence-corrected chi connectivity index (χ3v) is 3.85. The van der Waals surface area contributed by atoms with Crippen molar-refractivity contribution in [3.8, 4) is 0 Å². The second-order valence-corrected chi connectivity index (χ2v) is 7.20. The summed E-state index contributed by atoms with van der Waals surface area (Å²) in [5, 5.41) is 0. The molecule has 3 nitrogen and oxygen atoms in total. The van der Waals surface area contributed by atoms with Gasteiger partial charge in [-0.05, 0) is 60.3 Å². The van der Waals surface area contributed by atoms with Crippen LogP contribution in [0.15, 0.2) is 23.3 Å². The normalized spacial score (nSPS) is 25.2. The van der Waals surface area contributed by atoms with Crippen molar-refractivity contribution >= 4 is 6.09 Å². The molecule has 3 heteroatoms. The SMILES string of the molecule is CC(C)=CCC1=CC2CCC(C1)N2C(=O)OC(C)(C)C. The average molecular weight is 277 g/mol. The first kappa shape index (κ1) is 15.1. The minimum absolute atomic E-state index is 0.150. The quantitative estimate of drug-likeness (QED) is 0.698. The van der Waals surface area contributed by atoms with Crippen LogP contribution >= 0.6 is 0 Å². The fourth-order valence-corrected chi connectivity index (χ4v) is 3.00. The van der Waals surface area contributed by atoms with Crippen LogP contribution in [0.1, 0.15) is 60.3 Å². The minimum atomic E-state index is -0.414. The van der Waals surface area contributed by atoms with Gasteiger partial charge in [0.2, 0.25) is 0 Å². The van der Waals surface area contributed by atoms with Gasteiger partial charge in [0, 0.05) is 6.04 Å². The molecule has 2 aliphatic rings. The Morgan fingerprint density at radius 3 is 2.65 bits per heavy atom. The van der Waals surface area contributed by atoms with Gasteiger partial charge in [-0.25, -0.2) is 4.79 Å². The Kier molecular flexibility index (Phi) is 4.26. The molecular weight excluding hydrogens is 250 g/mol. The van der Waals surface area contributed by atoms with E-state index in [4.69, 9.17) is 4.74 Å². The zero-order chi connectivity index (χ0) is 14.9. The van der Waals surface area contributed by atoms with E-state index in [1.807, 2.05) is 25.7 Å². The monoisotopic (exact) mass is 277 g/mol. The van der Waals surface area contributed by atoms with Crippen LogP contribution < -0.4 is 0 Å². The van der Waals surface area contributed by atoms with Gasteiger partial charge in [-0.15, -0.1) is 0 Å². The summed E-state index contributed by atoms with van der Waals surface area (Å²) in [7, 11) is 0. The van der Waals surface area contributed by atoms with Crippen LogP contribution in [0.3, 0.4) is 0 Å². The Bertz CT molecular complexity index is 438. The van der Waals surface area contributed by atoms with Gasteiger partial charge in [-0.1, -0.05) is 23.3 Å². The van der Waals surface area contributed by atoms with Gasteiger partial charge >= 0.3 is 6.09 Å². The summed E-state index contributed by atoms with van der Waals surface area (Å²) in [4.78, 5) is 14.3. The molecule has 1 fully saturated rings. The number of amides is 1. The second kappa shape index (κ2) is 5.63. The molecule has 0 aliphatic carbocycles. The van der Waals surface area contributed by atoms with E-state index in [0.717, 1.165) is 25.7 Å². The van der Waals surface area contributed by atoms with Gasteiger partial charge in [-0.2, -0.15) is 0 Å². The molecule has 2 bridgehead atoms. The van der Waals surface area contributed by atoms with E-state index in [9.17, 15) is 4.79 Å². The highest BCUT2D eigenvalue weighted by atomic mass is 16.6. The Morgan fingerprint density at radius 1 is 1.40 bits per heavy atom. The maximum atomic E-state index is 12.3. The first-order valence-electron chi connectivity index (χ1n) is 7.60. The first-order chi connectivity index (χ1) is 9.26. The molecule has 2 unspecified atom stereocenters. The van der Waals surface area contributed by atoms with E-state index in [1.54, 1.807) is 0 Å². The van der Waals surface area contributed by atoms with Crippen LogP contribution in [0.5, 0.6) is 0 Å². The highest BCUT2D eigenvalue weighted by Gasteiger charge is 2.41. The molecule has 0 saturated carbocycles. The molecule has 20 heavy (non-hydrogen) atoms. The summed E-state index contributed by atoms with van der Waals surface area (Å²) in [6.45, 7) is 10.0. The summed E-state index contributed by atoms with van der Waals surface area (Å²) in [5.41, 5.74) is 2.41. The molecule has 0 aromatic rings. The molecule has 0 aromatic heterocycles. The predicted octanol–water partition coefficient (Wildman–Crippen LogP) is 4.44. The van der Waals surface area contributed by atoms with E-state index >= 15 is 0 Å². The van der Waals surface area contributed by atoms with Crippen molar-refractivity contribution in [2.45, 2.75) is 78.0 Å². The Morgan fingerprint density at radius 2 is 2.10 bits per heavy atom. The van der Waals surface area contributed by atoms with Crippen LogP contribution in [0.2, 0.25) is 0 Å². The molecule has 0 spiro atoms. The Labute approximate surface area is 122 Å². The van der Waals surface area contributed by atoms with Crippen LogP contribution in [-0.4, -0.2) is 28.7 Å². The number of hydrogen-bond acceptors (Lipinski definition) is 2. The van der Waals surface area contributed by atoms with E-state index in [2.05, 4.69) is 26.0 Å². The summed E-state index contributed by atoms with van der Waals surface area (Å²) < 4.78 is 5.54. The molecule has 2 heterocycles. The van der Waals surface area contributed by atoms with Crippen molar-refractivity contribution in [1.82, 2.24) is 4.90 Å². The summed E-state index contributed by atoms with van der Waals surface area (Å²) in [5.74, 6) is 0. The lowest BCUT2D eigenvalue weighted by Crippen LogP contribution is -2.45. The van der Waals surface area contributed by atoms with Crippen LogP contribution in [0, 0.1) is 0 Å². The molecule has 0 radical (unpaired) electrons. The molecule has 0 N–H and O–H groups in total. The molecule has 1 saturated heterocycles. The third kappa shape index (κ3) is 3.65. The largest absolute Gasteiger partial charge is 0.444 e. The number of nitrogens with zero attached hydrogens (tertiary/aromatic N) is 1. The van der Waals surface area contributed by atoms with E-state index in [0.29, 0.717) is 6.04 Å². The standard InChI is InChI=1S/C17H27NO2/c1-12(2)6-7-13-10-14-8-9-15(11-13)18(14)16(19)20-17(3,4)5/h6,10,14-15H,7-9,11H2,1-5H3. The summed E-state index contributed by atoms with van der Waals surface area (Å²) >= 11 is 0. The van der Waals surface area contributed by atoms with Crippen molar-refractivity contribution in [2.24, 2.45) is 0 Å². The van der Waals surface area contributed by atoms with Gasteiger partial charge in [0.15, 0.2) is 0 Å². The van der Waals surface area contributed by atoms with Gasteiger partial charge < -0.3 is 4.74 Å². The predicted molar refractivity (Wildman–Crippen MR) is 81.6 cm³/mol. The zero-order valence-corrected chi connectivity index (χ0v) is 13.4. The van der Waals surface area contributed by atoms with Crippen molar-refractivity contribution in [3.05, 3.63) is 23.3 Å². The van der Waals surface area contributed by atoms with Crippen LogP contribution in [-0.2, 0) is 4.74 Å². The molecule has 2 rings (SSSR count). The number of fused-ring (bicyclic) bond motifs is 2. The second-order valence-electron chi connectivity index (χ2n) is 7.20. The van der Waals surface area contributed by atoms with Gasteiger partial charge in [0.1, 0.15) is 5.60 Å². The fraction of sp³-hybridized carbons (Fsp3) is 0.706. The van der Waals surface area contributed by atoms with Crippen LogP contribution in [0.25, 0.3) is 0 Å². The Balaban J connectivity index is 2.05. The van der Waals surface area contributed by atoms with Gasteiger partial charge in [0.25, 0.3) is 0 Å². The lowest BCUT2D eigenvalue weighted by atomic mass is 9.98. The maximum absolute atomic E-state index is 12.3. The van der Waals surface area contributed by atoms with Crippen molar-refractivity contribution in [3.63, 3.8) is 0 Å². The molecule has 112 valence electrons. The molecule has 2 atom stereocenters. The first-order valence-corrected chi connectivity index (χ1v) is 7.60. The Hall–Kier alpha value is -1.25. The lowest BCUT2D eigenvalue weighted by Gasteiger charge is -2.35. The number of rotatable bonds is 2. The molecular formula is C17H27NO2. The number of hydrogen-bond donors (Lipinski definition) is 0. The van der Waals surface area contributed by atoms with Crippen molar-refractivity contribution in [2.75, 3.05) is 0 Å². The van der Waals surface area contributed by atoms with E-state index < -0.39 is 5.60 Å².